The first-order valence-electron chi connectivity index (χ1n) is 5.78. The van der Waals surface area contributed by atoms with Crippen LogP contribution in [0, 0.1) is 5.92 Å². The number of rotatable bonds is 3. The van der Waals surface area contributed by atoms with Crippen molar-refractivity contribution >= 4 is 5.97 Å². The number of aliphatic hydroxyl groups is 1. The highest BCUT2D eigenvalue weighted by molar-refractivity contribution is 5.75. The first-order chi connectivity index (χ1) is 7.39. The Labute approximate surface area is 96.3 Å². The normalized spacial score (nSPS) is 36.8. The molecular weight excluding hydrogens is 208 g/mol. The van der Waals surface area contributed by atoms with E-state index in [1.165, 1.54) is 0 Å². The van der Waals surface area contributed by atoms with Crippen LogP contribution in [-0.4, -0.2) is 41.9 Å². The van der Waals surface area contributed by atoms with Gasteiger partial charge in [-0.15, -0.1) is 0 Å². The molecule has 0 aromatic carbocycles. The number of nitrogens with two attached hydrogens (primary N) is 1. The molecule has 4 atom stereocenters. The third-order valence-electron chi connectivity index (χ3n) is 3.43. The minimum atomic E-state index is -0.992. The van der Waals surface area contributed by atoms with Crippen LogP contribution in [0.5, 0.6) is 0 Å². The molecule has 4 N–H and O–H groups in total. The van der Waals surface area contributed by atoms with Gasteiger partial charge in [-0.25, -0.2) is 0 Å². The van der Waals surface area contributed by atoms with Gasteiger partial charge in [0.25, 0.3) is 0 Å². The Morgan fingerprint density at radius 3 is 2.88 bits per heavy atom. The summed E-state index contributed by atoms with van der Waals surface area (Å²) in [7, 11) is 0. The first kappa shape index (κ1) is 13.4. The zero-order valence-corrected chi connectivity index (χ0v) is 10.2. The molecule has 1 rings (SSSR count). The Morgan fingerprint density at radius 2 is 2.31 bits per heavy atom. The van der Waals surface area contributed by atoms with E-state index in [0.717, 1.165) is 6.54 Å². The summed E-state index contributed by atoms with van der Waals surface area (Å²) in [6.07, 6.45) is 0.0118. The van der Waals surface area contributed by atoms with Crippen molar-refractivity contribution in [3.63, 3.8) is 0 Å². The molecular formula is C11H22N2O3. The van der Waals surface area contributed by atoms with Crippen LogP contribution >= 0.6 is 0 Å². The van der Waals surface area contributed by atoms with Crippen molar-refractivity contribution in [2.75, 3.05) is 13.1 Å². The summed E-state index contributed by atoms with van der Waals surface area (Å²) in [4.78, 5) is 11.6. The number of esters is 1. The van der Waals surface area contributed by atoms with Gasteiger partial charge in [-0.1, -0.05) is 13.8 Å². The van der Waals surface area contributed by atoms with E-state index < -0.39 is 23.7 Å². The smallest absolute Gasteiger partial charge is 0.323 e. The van der Waals surface area contributed by atoms with Crippen LogP contribution in [0.4, 0.5) is 0 Å². The average molecular weight is 230 g/mol. The highest BCUT2D eigenvalue weighted by atomic mass is 16.6. The van der Waals surface area contributed by atoms with Crippen molar-refractivity contribution < 1.29 is 14.6 Å². The second-order valence-electron chi connectivity index (χ2n) is 4.73. The molecule has 16 heavy (non-hydrogen) atoms. The van der Waals surface area contributed by atoms with Crippen molar-refractivity contribution in [1.29, 1.82) is 0 Å². The van der Waals surface area contributed by atoms with Gasteiger partial charge in [0.15, 0.2) is 0 Å². The second kappa shape index (κ2) is 5.12. The maximum absolute atomic E-state index is 11.6. The predicted molar refractivity (Wildman–Crippen MR) is 60.8 cm³/mol. The molecule has 1 heterocycles. The molecule has 0 bridgehead atoms. The van der Waals surface area contributed by atoms with Crippen molar-refractivity contribution in [3.8, 4) is 0 Å². The molecule has 1 aliphatic heterocycles. The fourth-order valence-electron chi connectivity index (χ4n) is 1.72. The Balaban J connectivity index is 2.62. The third kappa shape index (κ3) is 2.72. The van der Waals surface area contributed by atoms with Gasteiger partial charge < -0.3 is 20.9 Å². The van der Waals surface area contributed by atoms with Crippen molar-refractivity contribution in [1.82, 2.24) is 5.32 Å². The number of ether oxygens (including phenoxy) is 1. The Morgan fingerprint density at radius 1 is 1.69 bits per heavy atom. The molecule has 0 aliphatic carbocycles. The Bertz CT molecular complexity index is 256. The summed E-state index contributed by atoms with van der Waals surface area (Å²) in [6, 6.07) is -0.604. The lowest BCUT2D eigenvalue weighted by Crippen LogP contribution is -2.59. The van der Waals surface area contributed by atoms with E-state index in [9.17, 15) is 9.90 Å². The average Bonchev–Trinajstić information content (AvgIpc) is 2.24. The summed E-state index contributed by atoms with van der Waals surface area (Å²) in [5.41, 5.74) is 4.59. The number of nitrogens with one attached hydrogen (secondary N) is 1. The summed E-state index contributed by atoms with van der Waals surface area (Å²) in [5.74, 6) is -0.402. The van der Waals surface area contributed by atoms with Gasteiger partial charge in [0.1, 0.15) is 17.7 Å². The predicted octanol–water partition coefficient (Wildman–Crippen LogP) is -0.374. The molecule has 0 spiro atoms. The summed E-state index contributed by atoms with van der Waals surface area (Å²) in [6.45, 7) is 6.65. The van der Waals surface area contributed by atoms with Gasteiger partial charge in [-0.3, -0.25) is 4.79 Å². The molecule has 0 aromatic rings. The van der Waals surface area contributed by atoms with Crippen molar-refractivity contribution in [2.45, 2.75) is 44.9 Å². The molecule has 0 radical (unpaired) electrons. The molecule has 2 unspecified atom stereocenters. The Hall–Kier alpha value is -0.650. The van der Waals surface area contributed by atoms with E-state index in [0.29, 0.717) is 13.0 Å². The standard InChI is InChI=1S/C11H22N2O3/c1-4-8(12)10(14)16-9-6-13-5-7(2)11(9,3)15/h7-9,13,15H,4-6,12H2,1-3H3/t7-,8?,9+,11?/m0/s1. The fourth-order valence-corrected chi connectivity index (χ4v) is 1.72. The quantitative estimate of drug-likeness (QED) is 0.576. The zero-order chi connectivity index (χ0) is 12.3. The molecule has 1 saturated heterocycles. The molecule has 1 aliphatic rings. The maximum atomic E-state index is 11.6. The summed E-state index contributed by atoms with van der Waals surface area (Å²) >= 11 is 0. The fraction of sp³-hybridized carbons (Fsp3) is 0.909. The topological polar surface area (TPSA) is 84.6 Å². The summed E-state index contributed by atoms with van der Waals surface area (Å²) < 4.78 is 5.25. The molecule has 0 amide bonds. The third-order valence-corrected chi connectivity index (χ3v) is 3.43. The molecule has 5 nitrogen and oxygen atoms in total. The number of carbonyl (C=O) groups excluding carboxylic acids is 1. The van der Waals surface area contributed by atoms with Crippen LogP contribution in [0.2, 0.25) is 0 Å². The monoisotopic (exact) mass is 230 g/mol. The maximum Gasteiger partial charge on any atom is 0.323 e. The number of piperidine rings is 1. The van der Waals surface area contributed by atoms with Gasteiger partial charge in [-0.05, 0) is 13.3 Å². The second-order valence-corrected chi connectivity index (χ2v) is 4.73. The molecule has 1 fully saturated rings. The van der Waals surface area contributed by atoms with Gasteiger partial charge in [-0.2, -0.15) is 0 Å². The van der Waals surface area contributed by atoms with Gasteiger partial charge in [0, 0.05) is 19.0 Å². The highest BCUT2D eigenvalue weighted by Gasteiger charge is 2.43. The molecule has 94 valence electrons. The SMILES string of the molecule is CCC(N)C(=O)O[C@@H]1CNC[C@H](C)C1(C)O. The van der Waals surface area contributed by atoms with E-state index in [1.54, 1.807) is 6.92 Å². The van der Waals surface area contributed by atoms with Crippen LogP contribution in [-0.2, 0) is 9.53 Å². The van der Waals surface area contributed by atoms with Crippen LogP contribution < -0.4 is 11.1 Å². The van der Waals surface area contributed by atoms with Gasteiger partial charge >= 0.3 is 5.97 Å². The minimum Gasteiger partial charge on any atom is -0.457 e. The van der Waals surface area contributed by atoms with Gasteiger partial charge in [0.05, 0.1) is 0 Å². The van der Waals surface area contributed by atoms with Gasteiger partial charge in [0.2, 0.25) is 0 Å². The van der Waals surface area contributed by atoms with Crippen molar-refractivity contribution in [2.24, 2.45) is 11.7 Å². The van der Waals surface area contributed by atoms with Crippen LogP contribution in [0.25, 0.3) is 0 Å². The molecule has 0 saturated carbocycles. The number of carbonyl (C=O) groups is 1. The van der Waals surface area contributed by atoms with E-state index in [4.69, 9.17) is 10.5 Å². The Kier molecular flexibility index (Phi) is 4.29. The molecule has 5 heteroatoms. The zero-order valence-electron chi connectivity index (χ0n) is 10.2. The van der Waals surface area contributed by atoms with Crippen molar-refractivity contribution in [3.05, 3.63) is 0 Å². The van der Waals surface area contributed by atoms with Crippen LogP contribution in [0.1, 0.15) is 27.2 Å². The summed E-state index contributed by atoms with van der Waals surface area (Å²) in [5, 5.41) is 13.4. The highest BCUT2D eigenvalue weighted by Crippen LogP contribution is 2.26. The lowest BCUT2D eigenvalue weighted by atomic mass is 9.82. The van der Waals surface area contributed by atoms with Crippen LogP contribution in [0.15, 0.2) is 0 Å². The largest absolute Gasteiger partial charge is 0.457 e. The minimum absolute atomic E-state index is 0.0388. The molecule has 0 aromatic heterocycles. The lowest BCUT2D eigenvalue weighted by molar-refractivity contribution is -0.175. The van der Waals surface area contributed by atoms with E-state index in [2.05, 4.69) is 5.32 Å². The van der Waals surface area contributed by atoms with E-state index >= 15 is 0 Å². The lowest BCUT2D eigenvalue weighted by Gasteiger charge is -2.41. The van der Waals surface area contributed by atoms with Crippen LogP contribution in [0.3, 0.4) is 0 Å². The number of hydrogen-bond donors (Lipinski definition) is 3. The van der Waals surface area contributed by atoms with E-state index in [1.807, 2.05) is 13.8 Å². The van der Waals surface area contributed by atoms with E-state index in [-0.39, 0.29) is 5.92 Å². The first-order valence-corrected chi connectivity index (χ1v) is 5.78. The number of hydrogen-bond acceptors (Lipinski definition) is 5.